The highest BCUT2D eigenvalue weighted by atomic mass is 19.1. The summed E-state index contributed by atoms with van der Waals surface area (Å²) in [6.45, 7) is 3.90. The van der Waals surface area contributed by atoms with Gasteiger partial charge in [0.25, 0.3) is 0 Å². The van der Waals surface area contributed by atoms with Crippen LogP contribution in [0.25, 0.3) is 11.8 Å². The predicted molar refractivity (Wildman–Crippen MR) is 125 cm³/mol. The van der Waals surface area contributed by atoms with E-state index in [1.165, 1.54) is 13.2 Å². The number of rotatable bonds is 5. The molecule has 2 aliphatic rings. The van der Waals surface area contributed by atoms with Crippen LogP contribution >= 0.6 is 0 Å². The maximum absolute atomic E-state index is 15.1. The molecule has 0 unspecified atom stereocenters. The van der Waals surface area contributed by atoms with Gasteiger partial charge in [-0.05, 0) is 38.0 Å². The van der Waals surface area contributed by atoms with E-state index in [9.17, 15) is 4.79 Å². The number of fused-ring (bicyclic) bond motifs is 1. The van der Waals surface area contributed by atoms with Crippen LogP contribution in [0.1, 0.15) is 29.7 Å². The number of amides is 1. The molecule has 3 heterocycles. The molecule has 0 bridgehead atoms. The first-order valence-corrected chi connectivity index (χ1v) is 11.3. The molecule has 0 aliphatic carbocycles. The number of benzene rings is 2. The fourth-order valence-electron chi connectivity index (χ4n) is 4.40. The molecule has 0 saturated carbocycles. The Balaban J connectivity index is 1.41. The van der Waals surface area contributed by atoms with Crippen molar-refractivity contribution in [3.63, 3.8) is 0 Å². The topological polar surface area (TPSA) is 65.8 Å². The van der Waals surface area contributed by atoms with Gasteiger partial charge in [-0.25, -0.2) is 9.37 Å². The van der Waals surface area contributed by atoms with Crippen molar-refractivity contribution in [1.82, 2.24) is 14.5 Å². The number of carbonyl (C=O) groups is 1. The molecule has 1 aromatic heterocycles. The average molecular weight is 464 g/mol. The van der Waals surface area contributed by atoms with E-state index in [1.807, 2.05) is 25.1 Å². The minimum atomic E-state index is -0.428. The maximum atomic E-state index is 15.1. The number of hydrogen-bond acceptors (Lipinski definition) is 5. The van der Waals surface area contributed by atoms with Gasteiger partial charge in [0.05, 0.1) is 24.8 Å². The van der Waals surface area contributed by atoms with E-state index in [0.717, 1.165) is 17.7 Å². The van der Waals surface area contributed by atoms with Gasteiger partial charge in [-0.2, -0.15) is 0 Å². The maximum Gasteiger partial charge on any atom is 0.250 e. The third-order valence-electron chi connectivity index (χ3n) is 6.06. The molecule has 176 valence electrons. The van der Waals surface area contributed by atoms with Crippen LogP contribution in [-0.4, -0.2) is 47.2 Å². The summed E-state index contributed by atoms with van der Waals surface area (Å²) in [6.07, 6.45) is 6.44. The number of aromatic nitrogens is 2. The molecule has 5 rings (SSSR count). The van der Waals surface area contributed by atoms with Crippen molar-refractivity contribution >= 4 is 12.0 Å². The molecule has 2 aromatic carbocycles. The molecule has 0 N–H and O–H groups in total. The van der Waals surface area contributed by atoms with Crippen LogP contribution in [0.2, 0.25) is 0 Å². The van der Waals surface area contributed by atoms with Crippen LogP contribution in [0.4, 0.5) is 4.39 Å². The van der Waals surface area contributed by atoms with Crippen molar-refractivity contribution in [3.8, 4) is 22.9 Å². The van der Waals surface area contributed by atoms with E-state index < -0.39 is 5.82 Å². The van der Waals surface area contributed by atoms with E-state index in [0.29, 0.717) is 66.8 Å². The van der Waals surface area contributed by atoms with Crippen molar-refractivity contribution in [2.75, 3.05) is 26.9 Å². The van der Waals surface area contributed by atoms with E-state index in [-0.39, 0.29) is 5.91 Å². The summed E-state index contributed by atoms with van der Waals surface area (Å²) in [5.74, 6) is 1.36. The second-order valence-corrected chi connectivity index (χ2v) is 8.41. The van der Waals surface area contributed by atoms with Gasteiger partial charge < -0.3 is 23.7 Å². The highest BCUT2D eigenvalue weighted by Gasteiger charge is 2.26. The van der Waals surface area contributed by atoms with E-state index in [1.54, 1.807) is 34.1 Å². The van der Waals surface area contributed by atoms with E-state index >= 15 is 4.39 Å². The van der Waals surface area contributed by atoms with Crippen molar-refractivity contribution in [2.45, 2.75) is 26.3 Å². The van der Waals surface area contributed by atoms with Crippen molar-refractivity contribution in [3.05, 3.63) is 71.1 Å². The lowest BCUT2D eigenvalue weighted by Gasteiger charge is -2.30. The summed E-state index contributed by atoms with van der Waals surface area (Å²) in [5.41, 5.74) is 3.16. The van der Waals surface area contributed by atoms with Gasteiger partial charge in [-0.3, -0.25) is 4.79 Å². The second-order valence-electron chi connectivity index (χ2n) is 8.41. The van der Waals surface area contributed by atoms with Crippen LogP contribution in [0.15, 0.2) is 48.4 Å². The number of hydrogen-bond donors (Lipinski definition) is 0. The molecule has 1 saturated heterocycles. The Morgan fingerprint density at radius 1 is 1.24 bits per heavy atom. The molecular weight excluding hydrogens is 437 g/mol. The van der Waals surface area contributed by atoms with Gasteiger partial charge >= 0.3 is 0 Å². The minimum absolute atomic E-state index is 0.103. The molecule has 34 heavy (non-hydrogen) atoms. The third-order valence-corrected chi connectivity index (χ3v) is 6.06. The standard InChI is InChI=1S/C26H26FN3O4/c1-17-14-30(16-28-17)22-13-21(27)20(12-24(22)32-2)11-18-6-4-8-29(26(18)31)15-19-5-3-7-23-25(19)34-10-9-33-23/h3,5,7,11-14,16H,4,6,8-10,15H2,1-2H3/b18-11+. The van der Waals surface area contributed by atoms with Gasteiger partial charge in [0.15, 0.2) is 11.5 Å². The molecular formula is C26H26FN3O4. The Kier molecular flexibility index (Phi) is 5.96. The Labute approximate surface area is 197 Å². The van der Waals surface area contributed by atoms with Crippen LogP contribution < -0.4 is 14.2 Å². The number of carbonyl (C=O) groups excluding carboxylic acids is 1. The number of halogens is 1. The molecule has 0 atom stereocenters. The zero-order chi connectivity index (χ0) is 23.7. The van der Waals surface area contributed by atoms with Gasteiger partial charge in [-0.15, -0.1) is 0 Å². The van der Waals surface area contributed by atoms with Crippen molar-refractivity contribution in [1.29, 1.82) is 0 Å². The largest absolute Gasteiger partial charge is 0.495 e. The first kappa shape index (κ1) is 22.0. The monoisotopic (exact) mass is 463 g/mol. The smallest absolute Gasteiger partial charge is 0.250 e. The van der Waals surface area contributed by atoms with E-state index in [4.69, 9.17) is 14.2 Å². The van der Waals surface area contributed by atoms with Gasteiger partial charge in [0.2, 0.25) is 5.91 Å². The lowest BCUT2D eigenvalue weighted by atomic mass is 9.99. The molecule has 7 nitrogen and oxygen atoms in total. The number of methoxy groups -OCH3 is 1. The van der Waals surface area contributed by atoms with Crippen LogP contribution in [0.3, 0.4) is 0 Å². The van der Waals surface area contributed by atoms with Crippen LogP contribution in [0, 0.1) is 12.7 Å². The summed E-state index contributed by atoms with van der Waals surface area (Å²) < 4.78 is 33.8. The fraction of sp³-hybridized carbons (Fsp3) is 0.308. The lowest BCUT2D eigenvalue weighted by Crippen LogP contribution is -2.36. The van der Waals surface area contributed by atoms with Gasteiger partial charge in [-0.1, -0.05) is 12.1 Å². The Bertz CT molecular complexity index is 1270. The zero-order valence-corrected chi connectivity index (χ0v) is 19.2. The highest BCUT2D eigenvalue weighted by molar-refractivity contribution is 5.98. The number of likely N-dealkylation sites (tertiary alicyclic amines) is 1. The molecule has 1 amide bonds. The zero-order valence-electron chi connectivity index (χ0n) is 19.2. The summed E-state index contributed by atoms with van der Waals surface area (Å²) >= 11 is 0. The quantitative estimate of drug-likeness (QED) is 0.528. The van der Waals surface area contributed by atoms with Crippen molar-refractivity contribution in [2.24, 2.45) is 0 Å². The minimum Gasteiger partial charge on any atom is -0.495 e. The van der Waals surface area contributed by atoms with Crippen LogP contribution in [0.5, 0.6) is 17.2 Å². The van der Waals surface area contributed by atoms with Crippen LogP contribution in [-0.2, 0) is 11.3 Å². The molecule has 0 radical (unpaired) electrons. The normalized spacial score (nSPS) is 16.7. The predicted octanol–water partition coefficient (Wildman–Crippen LogP) is 4.31. The van der Waals surface area contributed by atoms with Crippen molar-refractivity contribution < 1.29 is 23.4 Å². The SMILES string of the molecule is COc1cc(/C=C2\CCCN(Cc3cccc4c3OCCO4)C2=O)c(F)cc1-n1cnc(C)c1. The van der Waals surface area contributed by atoms with E-state index in [2.05, 4.69) is 4.98 Å². The fourth-order valence-corrected chi connectivity index (χ4v) is 4.40. The van der Waals surface area contributed by atoms with Gasteiger partial charge in [0.1, 0.15) is 24.8 Å². The molecule has 8 heteroatoms. The lowest BCUT2D eigenvalue weighted by molar-refractivity contribution is -0.129. The summed E-state index contributed by atoms with van der Waals surface area (Å²) in [7, 11) is 1.54. The number of ether oxygens (including phenoxy) is 3. The van der Waals surface area contributed by atoms with Gasteiger partial charge in [0, 0.05) is 42.1 Å². The highest BCUT2D eigenvalue weighted by Crippen LogP contribution is 2.35. The average Bonchev–Trinajstić information content (AvgIpc) is 3.28. The Morgan fingerprint density at radius 2 is 2.09 bits per heavy atom. The number of imidazole rings is 1. The molecule has 1 fully saturated rings. The number of piperidine rings is 1. The summed E-state index contributed by atoms with van der Waals surface area (Å²) in [6, 6.07) is 8.74. The molecule has 0 spiro atoms. The molecule has 3 aromatic rings. The molecule has 2 aliphatic heterocycles. The number of nitrogens with zero attached hydrogens (tertiary/aromatic N) is 3. The number of aryl methyl sites for hydroxylation is 1. The first-order chi connectivity index (χ1) is 16.5. The Hall–Kier alpha value is -3.81. The summed E-state index contributed by atoms with van der Waals surface area (Å²) in [5, 5.41) is 0. The second kappa shape index (κ2) is 9.21. The first-order valence-electron chi connectivity index (χ1n) is 11.3. The third kappa shape index (κ3) is 4.23. The summed E-state index contributed by atoms with van der Waals surface area (Å²) in [4.78, 5) is 19.3. The number of para-hydroxylation sites is 1. The Morgan fingerprint density at radius 3 is 2.88 bits per heavy atom.